The molecule has 0 saturated heterocycles. The minimum atomic E-state index is 0.767. The van der Waals surface area contributed by atoms with Gasteiger partial charge in [0, 0.05) is 35.4 Å². The highest BCUT2D eigenvalue weighted by Gasteiger charge is 2.25. The van der Waals surface area contributed by atoms with Gasteiger partial charge in [0.05, 0.1) is 21.3 Å². The molecule has 0 atom stereocenters. The summed E-state index contributed by atoms with van der Waals surface area (Å²) in [5.74, 6) is 2.39. The number of nitrogens with zero attached hydrogens (tertiary/aromatic N) is 1. The first-order valence-corrected chi connectivity index (χ1v) is 8.08. The van der Waals surface area contributed by atoms with Crippen LogP contribution in [-0.4, -0.2) is 34.9 Å². The lowest BCUT2D eigenvalue weighted by atomic mass is 9.91. The summed E-state index contributed by atoms with van der Waals surface area (Å²) in [6, 6.07) is 10.5. The monoisotopic (exact) mass is 323 g/mol. The number of hydrogen-bond acceptors (Lipinski definition) is 4. The van der Waals surface area contributed by atoms with Crippen LogP contribution in [-0.2, 0) is 6.42 Å². The molecule has 1 heterocycles. The van der Waals surface area contributed by atoms with Crippen molar-refractivity contribution in [3.63, 3.8) is 0 Å². The van der Waals surface area contributed by atoms with Gasteiger partial charge >= 0.3 is 0 Å². The Bertz CT molecular complexity index is 949. The zero-order valence-electron chi connectivity index (χ0n) is 14.5. The summed E-state index contributed by atoms with van der Waals surface area (Å²) in [6.07, 6.45) is 0.987. The normalized spacial score (nSPS) is 13.4. The Morgan fingerprint density at radius 3 is 2.38 bits per heavy atom. The predicted molar refractivity (Wildman–Crippen MR) is 98.1 cm³/mol. The van der Waals surface area contributed by atoms with Gasteiger partial charge in [-0.3, -0.25) is 0 Å². The van der Waals surface area contributed by atoms with Crippen LogP contribution in [0.2, 0.25) is 0 Å². The molecule has 3 aromatic carbocycles. The highest BCUT2D eigenvalue weighted by molar-refractivity contribution is 6.20. The van der Waals surface area contributed by atoms with Gasteiger partial charge < -0.3 is 19.1 Å². The summed E-state index contributed by atoms with van der Waals surface area (Å²) in [7, 11) is 7.23. The molecule has 24 heavy (non-hydrogen) atoms. The molecular weight excluding hydrogens is 302 g/mol. The second kappa shape index (κ2) is 5.48. The summed E-state index contributed by atoms with van der Waals surface area (Å²) in [6.45, 7) is 0.993. The van der Waals surface area contributed by atoms with Crippen LogP contribution < -0.4 is 19.1 Å². The molecule has 1 aliphatic rings. The van der Waals surface area contributed by atoms with Crippen LogP contribution in [0.5, 0.6) is 17.2 Å². The molecule has 124 valence electrons. The number of anilines is 1. The fourth-order valence-electron chi connectivity index (χ4n) is 3.81. The van der Waals surface area contributed by atoms with Gasteiger partial charge in [0.15, 0.2) is 11.5 Å². The van der Waals surface area contributed by atoms with Gasteiger partial charge in [-0.1, -0.05) is 12.1 Å². The first-order valence-electron chi connectivity index (χ1n) is 8.08. The molecule has 0 fully saturated rings. The number of fused-ring (bicyclic) bond motifs is 2. The average molecular weight is 323 g/mol. The van der Waals surface area contributed by atoms with E-state index in [0.717, 1.165) is 46.4 Å². The molecule has 4 heteroatoms. The predicted octanol–water partition coefficient (Wildman–Crippen LogP) is 4.01. The van der Waals surface area contributed by atoms with E-state index in [1.54, 1.807) is 21.3 Å². The zero-order chi connectivity index (χ0) is 16.8. The van der Waals surface area contributed by atoms with Crippen LogP contribution in [0.25, 0.3) is 21.5 Å². The fourth-order valence-corrected chi connectivity index (χ4v) is 3.81. The molecule has 0 aliphatic carbocycles. The zero-order valence-corrected chi connectivity index (χ0v) is 14.5. The van der Waals surface area contributed by atoms with Gasteiger partial charge in [0.1, 0.15) is 5.75 Å². The molecule has 0 N–H and O–H groups in total. The maximum atomic E-state index is 5.77. The summed E-state index contributed by atoms with van der Waals surface area (Å²) in [5, 5.41) is 4.52. The molecule has 0 bridgehead atoms. The van der Waals surface area contributed by atoms with Gasteiger partial charge in [-0.2, -0.15) is 0 Å². The Morgan fingerprint density at radius 1 is 0.875 bits per heavy atom. The average Bonchev–Trinajstić information content (AvgIpc) is 2.62. The highest BCUT2D eigenvalue weighted by Crippen LogP contribution is 2.49. The van der Waals surface area contributed by atoms with Crippen molar-refractivity contribution in [3.05, 3.63) is 35.9 Å². The number of rotatable bonds is 3. The minimum absolute atomic E-state index is 0.767. The Balaban J connectivity index is 2.31. The third-order valence-electron chi connectivity index (χ3n) is 4.96. The van der Waals surface area contributed by atoms with E-state index in [1.807, 2.05) is 12.1 Å². The molecular formula is C20H21NO3. The van der Waals surface area contributed by atoms with Crippen molar-refractivity contribution in [1.82, 2.24) is 0 Å². The van der Waals surface area contributed by atoms with Gasteiger partial charge in [-0.05, 0) is 35.6 Å². The summed E-state index contributed by atoms with van der Waals surface area (Å²) < 4.78 is 17.0. The third-order valence-corrected chi connectivity index (χ3v) is 4.96. The van der Waals surface area contributed by atoms with Crippen molar-refractivity contribution < 1.29 is 14.2 Å². The lowest BCUT2D eigenvalue weighted by Gasteiger charge is -2.30. The molecule has 0 amide bonds. The second-order valence-corrected chi connectivity index (χ2v) is 6.15. The van der Waals surface area contributed by atoms with E-state index in [-0.39, 0.29) is 0 Å². The molecule has 4 nitrogen and oxygen atoms in total. The molecule has 0 spiro atoms. The lowest BCUT2D eigenvalue weighted by Crippen LogP contribution is -2.24. The van der Waals surface area contributed by atoms with Crippen LogP contribution in [0.15, 0.2) is 30.3 Å². The number of methoxy groups -OCH3 is 3. The third kappa shape index (κ3) is 1.92. The van der Waals surface area contributed by atoms with E-state index >= 15 is 0 Å². The SMILES string of the molecule is COc1cc2c3c(cc4cccc(OC)c4c3c1OC)N(C)CC2. The van der Waals surface area contributed by atoms with Gasteiger partial charge in [0.2, 0.25) is 0 Å². The Kier molecular flexibility index (Phi) is 3.41. The maximum absolute atomic E-state index is 5.77. The number of likely N-dealkylation sites (N-methyl/N-ethyl adjacent to an activating group) is 1. The first kappa shape index (κ1) is 14.9. The molecule has 0 aromatic heterocycles. The molecule has 0 unspecified atom stereocenters. The molecule has 0 radical (unpaired) electrons. The van der Waals surface area contributed by atoms with Crippen molar-refractivity contribution in [2.24, 2.45) is 0 Å². The van der Waals surface area contributed by atoms with Crippen molar-refractivity contribution in [1.29, 1.82) is 0 Å². The van der Waals surface area contributed by atoms with Crippen LogP contribution in [0.3, 0.4) is 0 Å². The number of benzene rings is 3. The molecule has 1 aliphatic heterocycles. The van der Waals surface area contributed by atoms with E-state index in [4.69, 9.17) is 14.2 Å². The van der Waals surface area contributed by atoms with Crippen molar-refractivity contribution >= 4 is 27.2 Å². The molecule has 3 aromatic rings. The summed E-state index contributed by atoms with van der Waals surface area (Å²) in [5.41, 5.74) is 2.52. The Hall–Kier alpha value is -2.62. The number of ether oxygens (including phenoxy) is 3. The van der Waals surface area contributed by atoms with Gasteiger partial charge in [-0.15, -0.1) is 0 Å². The van der Waals surface area contributed by atoms with E-state index < -0.39 is 0 Å². The van der Waals surface area contributed by atoms with Crippen molar-refractivity contribution in [2.45, 2.75) is 6.42 Å². The van der Waals surface area contributed by atoms with Crippen molar-refractivity contribution in [2.75, 3.05) is 39.8 Å². The van der Waals surface area contributed by atoms with Gasteiger partial charge in [0.25, 0.3) is 0 Å². The summed E-state index contributed by atoms with van der Waals surface area (Å²) in [4.78, 5) is 2.31. The van der Waals surface area contributed by atoms with E-state index in [9.17, 15) is 0 Å². The minimum Gasteiger partial charge on any atom is -0.496 e. The topological polar surface area (TPSA) is 30.9 Å². The molecule has 4 rings (SSSR count). The largest absolute Gasteiger partial charge is 0.496 e. The van der Waals surface area contributed by atoms with Crippen LogP contribution in [0, 0.1) is 0 Å². The van der Waals surface area contributed by atoms with E-state index in [0.29, 0.717) is 0 Å². The maximum Gasteiger partial charge on any atom is 0.169 e. The van der Waals surface area contributed by atoms with E-state index in [1.165, 1.54) is 16.6 Å². The van der Waals surface area contributed by atoms with Crippen LogP contribution in [0.1, 0.15) is 5.56 Å². The quantitative estimate of drug-likeness (QED) is 0.682. The summed E-state index contributed by atoms with van der Waals surface area (Å²) >= 11 is 0. The smallest absolute Gasteiger partial charge is 0.169 e. The highest BCUT2D eigenvalue weighted by atomic mass is 16.5. The first-order chi connectivity index (χ1) is 11.7. The Morgan fingerprint density at radius 2 is 1.67 bits per heavy atom. The van der Waals surface area contributed by atoms with Gasteiger partial charge in [-0.25, -0.2) is 0 Å². The van der Waals surface area contributed by atoms with Crippen molar-refractivity contribution in [3.8, 4) is 17.2 Å². The molecule has 0 saturated carbocycles. The number of hydrogen-bond donors (Lipinski definition) is 0. The Labute approximate surface area is 141 Å². The standard InChI is InChI=1S/C20H21NO3/c1-21-9-8-13-11-16(23-3)20(24-4)19-17(13)14(21)10-12-6-5-7-15(22-2)18(12)19/h5-7,10-11H,8-9H2,1-4H3. The van der Waals surface area contributed by atoms with Crippen LogP contribution in [0.4, 0.5) is 5.69 Å². The lowest BCUT2D eigenvalue weighted by molar-refractivity contribution is 0.358. The fraction of sp³-hybridized carbons (Fsp3) is 0.300. The van der Waals surface area contributed by atoms with Crippen LogP contribution >= 0.6 is 0 Å². The second-order valence-electron chi connectivity index (χ2n) is 6.15. The van der Waals surface area contributed by atoms with E-state index in [2.05, 4.69) is 30.1 Å².